The molecule has 1 aliphatic heterocycles. The van der Waals surface area contributed by atoms with Crippen molar-refractivity contribution in [3.8, 4) is 23.0 Å². The molecule has 0 spiro atoms. The van der Waals surface area contributed by atoms with Crippen LogP contribution in [0.5, 0.6) is 23.0 Å². The molecule has 0 aliphatic carbocycles. The standard InChI is InChI=1S/C20H14ClNO3/c21-15-3-8-18(9-4-15)25-17-6-1-14(2-7-17)12-22-16-5-10-19-20(11-16)24-13-23-19/h1-12H,13H2. The van der Waals surface area contributed by atoms with Crippen molar-refractivity contribution in [2.24, 2.45) is 4.99 Å². The molecule has 5 heteroatoms. The van der Waals surface area contributed by atoms with Crippen molar-refractivity contribution in [3.63, 3.8) is 0 Å². The number of hydrogen-bond acceptors (Lipinski definition) is 4. The van der Waals surface area contributed by atoms with Crippen molar-refractivity contribution in [1.82, 2.24) is 0 Å². The predicted octanol–water partition coefficient (Wildman–Crippen LogP) is 5.61. The van der Waals surface area contributed by atoms with Crippen molar-refractivity contribution in [1.29, 1.82) is 0 Å². The van der Waals surface area contributed by atoms with Crippen LogP contribution in [0.15, 0.2) is 71.7 Å². The van der Waals surface area contributed by atoms with E-state index in [1.807, 2.05) is 54.6 Å². The molecule has 0 unspecified atom stereocenters. The van der Waals surface area contributed by atoms with Gasteiger partial charge < -0.3 is 14.2 Å². The molecular weight excluding hydrogens is 338 g/mol. The number of benzene rings is 3. The van der Waals surface area contributed by atoms with Crippen molar-refractivity contribution in [3.05, 3.63) is 77.3 Å². The molecular formula is C20H14ClNO3. The normalized spacial score (nSPS) is 12.5. The first-order valence-electron chi connectivity index (χ1n) is 7.73. The van der Waals surface area contributed by atoms with Gasteiger partial charge in [-0.1, -0.05) is 11.6 Å². The van der Waals surface area contributed by atoms with Crippen LogP contribution in [-0.4, -0.2) is 13.0 Å². The zero-order chi connectivity index (χ0) is 17.1. The highest BCUT2D eigenvalue weighted by Gasteiger charge is 2.12. The van der Waals surface area contributed by atoms with Gasteiger partial charge in [0.05, 0.1) is 5.69 Å². The van der Waals surface area contributed by atoms with Gasteiger partial charge in [0.2, 0.25) is 6.79 Å². The third kappa shape index (κ3) is 3.75. The molecule has 0 amide bonds. The first-order chi connectivity index (χ1) is 12.3. The van der Waals surface area contributed by atoms with Gasteiger partial charge in [0.1, 0.15) is 11.5 Å². The van der Waals surface area contributed by atoms with Crippen LogP contribution in [0.2, 0.25) is 5.02 Å². The Labute approximate surface area is 150 Å². The highest BCUT2D eigenvalue weighted by atomic mass is 35.5. The fourth-order valence-corrected chi connectivity index (χ4v) is 2.50. The topological polar surface area (TPSA) is 40.0 Å². The molecule has 3 aromatic carbocycles. The Kier molecular flexibility index (Phi) is 4.27. The molecule has 1 aliphatic rings. The van der Waals surface area contributed by atoms with Gasteiger partial charge in [-0.25, -0.2) is 0 Å². The summed E-state index contributed by atoms with van der Waals surface area (Å²) in [6.07, 6.45) is 1.80. The monoisotopic (exact) mass is 351 g/mol. The van der Waals surface area contributed by atoms with E-state index in [1.165, 1.54) is 0 Å². The van der Waals surface area contributed by atoms with E-state index in [4.69, 9.17) is 25.8 Å². The van der Waals surface area contributed by atoms with Gasteiger partial charge in [-0.3, -0.25) is 4.99 Å². The number of fused-ring (bicyclic) bond motifs is 1. The Balaban J connectivity index is 1.44. The Morgan fingerprint density at radius 2 is 1.52 bits per heavy atom. The molecule has 25 heavy (non-hydrogen) atoms. The lowest BCUT2D eigenvalue weighted by atomic mass is 10.2. The average molecular weight is 352 g/mol. The summed E-state index contributed by atoms with van der Waals surface area (Å²) in [6.45, 7) is 0.261. The van der Waals surface area contributed by atoms with Crippen LogP contribution >= 0.6 is 11.6 Å². The highest BCUT2D eigenvalue weighted by molar-refractivity contribution is 6.30. The first-order valence-corrected chi connectivity index (χ1v) is 8.11. The molecule has 0 saturated carbocycles. The molecule has 0 aromatic heterocycles. The van der Waals surface area contributed by atoms with Crippen LogP contribution < -0.4 is 14.2 Å². The Morgan fingerprint density at radius 3 is 2.28 bits per heavy atom. The number of halogens is 1. The highest BCUT2D eigenvalue weighted by Crippen LogP contribution is 2.35. The minimum absolute atomic E-state index is 0.261. The van der Waals surface area contributed by atoms with Crippen LogP contribution in [-0.2, 0) is 0 Å². The van der Waals surface area contributed by atoms with E-state index >= 15 is 0 Å². The van der Waals surface area contributed by atoms with Crippen LogP contribution in [0.25, 0.3) is 0 Å². The van der Waals surface area contributed by atoms with Gasteiger partial charge >= 0.3 is 0 Å². The smallest absolute Gasteiger partial charge is 0.231 e. The summed E-state index contributed by atoms with van der Waals surface area (Å²) in [6, 6.07) is 20.5. The molecule has 4 nitrogen and oxygen atoms in total. The number of nitrogens with zero attached hydrogens (tertiary/aromatic N) is 1. The van der Waals surface area contributed by atoms with Crippen molar-refractivity contribution in [2.45, 2.75) is 0 Å². The molecule has 0 N–H and O–H groups in total. The summed E-state index contributed by atoms with van der Waals surface area (Å²) in [5, 5.41) is 0.683. The fraction of sp³-hybridized carbons (Fsp3) is 0.0500. The van der Waals surface area contributed by atoms with Gasteiger partial charge in [-0.05, 0) is 66.2 Å². The van der Waals surface area contributed by atoms with Gasteiger partial charge in [-0.2, -0.15) is 0 Å². The van der Waals surface area contributed by atoms with E-state index in [9.17, 15) is 0 Å². The lowest BCUT2D eigenvalue weighted by Crippen LogP contribution is -1.92. The number of ether oxygens (including phenoxy) is 3. The van der Waals surface area contributed by atoms with E-state index in [1.54, 1.807) is 18.3 Å². The van der Waals surface area contributed by atoms with Gasteiger partial charge in [0, 0.05) is 17.3 Å². The number of rotatable bonds is 4. The molecule has 0 bridgehead atoms. The summed E-state index contributed by atoms with van der Waals surface area (Å²) >= 11 is 5.87. The second kappa shape index (κ2) is 6.87. The minimum Gasteiger partial charge on any atom is -0.457 e. The van der Waals surface area contributed by atoms with Crippen LogP contribution in [0.4, 0.5) is 5.69 Å². The Hall–Kier alpha value is -2.98. The van der Waals surface area contributed by atoms with Gasteiger partial charge in [-0.15, -0.1) is 0 Å². The van der Waals surface area contributed by atoms with Gasteiger partial charge in [0.15, 0.2) is 11.5 Å². The fourth-order valence-electron chi connectivity index (χ4n) is 2.38. The maximum absolute atomic E-state index is 5.87. The van der Waals surface area contributed by atoms with Crippen molar-refractivity contribution >= 4 is 23.5 Å². The maximum atomic E-state index is 5.87. The third-order valence-corrected chi connectivity index (χ3v) is 3.90. The molecule has 1 heterocycles. The average Bonchev–Trinajstić information content (AvgIpc) is 3.11. The SMILES string of the molecule is Clc1ccc(Oc2ccc(C=Nc3ccc4c(c3)OCO4)cc2)cc1. The van der Waals surface area contributed by atoms with Crippen LogP contribution in [0.3, 0.4) is 0 Å². The number of hydrogen-bond donors (Lipinski definition) is 0. The second-order valence-electron chi connectivity index (χ2n) is 5.42. The van der Waals surface area contributed by atoms with E-state index in [0.717, 1.165) is 34.2 Å². The zero-order valence-electron chi connectivity index (χ0n) is 13.2. The van der Waals surface area contributed by atoms with E-state index < -0.39 is 0 Å². The molecule has 3 aromatic rings. The third-order valence-electron chi connectivity index (χ3n) is 3.65. The lowest BCUT2D eigenvalue weighted by molar-refractivity contribution is 0.174. The zero-order valence-corrected chi connectivity index (χ0v) is 13.9. The van der Waals surface area contributed by atoms with Gasteiger partial charge in [0.25, 0.3) is 0 Å². The first kappa shape index (κ1) is 15.5. The Morgan fingerprint density at radius 1 is 0.840 bits per heavy atom. The summed E-state index contributed by atoms with van der Waals surface area (Å²) in [5.74, 6) is 2.97. The van der Waals surface area contributed by atoms with Crippen LogP contribution in [0.1, 0.15) is 5.56 Å². The summed E-state index contributed by atoms with van der Waals surface area (Å²) < 4.78 is 16.4. The molecule has 0 saturated heterocycles. The van der Waals surface area contributed by atoms with E-state index in [-0.39, 0.29) is 6.79 Å². The molecule has 0 atom stereocenters. The molecule has 0 radical (unpaired) electrons. The number of aliphatic imine (C=N–C) groups is 1. The summed E-state index contributed by atoms with van der Waals surface area (Å²) in [4.78, 5) is 4.46. The van der Waals surface area contributed by atoms with Crippen LogP contribution in [0, 0.1) is 0 Å². The quantitative estimate of drug-likeness (QED) is 0.573. The van der Waals surface area contributed by atoms with Crippen molar-refractivity contribution in [2.75, 3.05) is 6.79 Å². The molecule has 0 fully saturated rings. The van der Waals surface area contributed by atoms with E-state index in [2.05, 4.69) is 4.99 Å². The molecule has 124 valence electrons. The molecule has 4 rings (SSSR count). The predicted molar refractivity (Wildman–Crippen MR) is 97.8 cm³/mol. The largest absolute Gasteiger partial charge is 0.457 e. The summed E-state index contributed by atoms with van der Waals surface area (Å²) in [7, 11) is 0. The summed E-state index contributed by atoms with van der Waals surface area (Å²) in [5.41, 5.74) is 1.78. The van der Waals surface area contributed by atoms with Crippen molar-refractivity contribution < 1.29 is 14.2 Å². The lowest BCUT2D eigenvalue weighted by Gasteiger charge is -2.05. The van der Waals surface area contributed by atoms with E-state index in [0.29, 0.717) is 5.02 Å². The minimum atomic E-state index is 0.261. The maximum Gasteiger partial charge on any atom is 0.231 e. The Bertz CT molecular complexity index is 905. The second-order valence-corrected chi connectivity index (χ2v) is 5.86.